The van der Waals surface area contributed by atoms with Crippen LogP contribution in [0.1, 0.15) is 11.1 Å². The van der Waals surface area contributed by atoms with Crippen molar-refractivity contribution in [3.63, 3.8) is 0 Å². The quantitative estimate of drug-likeness (QED) is 0.756. The maximum Gasteiger partial charge on any atom is 0.416 e. The first-order chi connectivity index (χ1) is 11.7. The number of halogens is 5. The number of benzene rings is 1. The van der Waals surface area contributed by atoms with E-state index in [1.54, 1.807) is 0 Å². The van der Waals surface area contributed by atoms with Crippen molar-refractivity contribution in [1.82, 2.24) is 10.2 Å². The molecule has 0 bridgehead atoms. The topological polar surface area (TPSA) is 38.7 Å². The molecule has 1 aromatic rings. The first-order valence-electron chi connectivity index (χ1n) is 7.99. The normalized spacial score (nSPS) is 18.0. The molecule has 1 fully saturated rings. The monoisotopic (exact) mass is 367 g/mol. The van der Waals surface area contributed by atoms with E-state index in [0.29, 0.717) is 24.3 Å². The third-order valence-corrected chi connectivity index (χ3v) is 4.21. The van der Waals surface area contributed by atoms with E-state index in [-0.39, 0.29) is 6.54 Å². The second-order valence-corrected chi connectivity index (χ2v) is 6.16. The minimum Gasteiger partial charge on any atom is -0.386 e. The van der Waals surface area contributed by atoms with Gasteiger partial charge in [-0.25, -0.2) is 8.78 Å². The fraction of sp³-hybridized carbons (Fsp3) is 0.625. The number of alkyl halides is 5. The van der Waals surface area contributed by atoms with Crippen molar-refractivity contribution in [2.24, 2.45) is 0 Å². The van der Waals surface area contributed by atoms with Gasteiger partial charge in [0, 0.05) is 45.0 Å². The second kappa shape index (κ2) is 8.29. The van der Waals surface area contributed by atoms with Crippen LogP contribution in [0.15, 0.2) is 18.2 Å². The summed E-state index contributed by atoms with van der Waals surface area (Å²) < 4.78 is 63.6. The Labute approximate surface area is 143 Å². The van der Waals surface area contributed by atoms with Crippen molar-refractivity contribution >= 4 is 5.69 Å². The second-order valence-electron chi connectivity index (χ2n) is 6.16. The summed E-state index contributed by atoms with van der Waals surface area (Å²) in [7, 11) is 1.97. The molecule has 0 aliphatic carbocycles. The highest BCUT2D eigenvalue weighted by Gasteiger charge is 2.31. The molecule has 1 atom stereocenters. The molecule has 1 aromatic carbocycles. The van der Waals surface area contributed by atoms with Crippen LogP contribution >= 0.6 is 0 Å². The summed E-state index contributed by atoms with van der Waals surface area (Å²) in [6, 6.07) is 3.50. The van der Waals surface area contributed by atoms with Crippen LogP contribution in [0.25, 0.3) is 0 Å². The zero-order valence-electron chi connectivity index (χ0n) is 13.9. The molecule has 1 heterocycles. The largest absolute Gasteiger partial charge is 0.416 e. The van der Waals surface area contributed by atoms with Crippen molar-refractivity contribution in [3.8, 4) is 0 Å². The molecule has 2 N–H and O–H groups in total. The molecule has 1 aliphatic rings. The van der Waals surface area contributed by atoms with E-state index in [2.05, 4.69) is 10.2 Å². The number of likely N-dealkylation sites (N-methyl/N-ethyl adjacent to an activating group) is 1. The van der Waals surface area contributed by atoms with Crippen LogP contribution in [0.3, 0.4) is 0 Å². The Hall–Kier alpha value is -1.45. The van der Waals surface area contributed by atoms with Crippen LogP contribution in [0.5, 0.6) is 0 Å². The predicted molar refractivity (Wildman–Crippen MR) is 84.9 cm³/mol. The maximum absolute atomic E-state index is 13.0. The van der Waals surface area contributed by atoms with Crippen LogP contribution in [-0.2, 0) is 12.7 Å². The van der Waals surface area contributed by atoms with Gasteiger partial charge in [-0.15, -0.1) is 0 Å². The molecule has 0 spiro atoms. The number of aliphatic hydroxyl groups excluding tert-OH is 1. The summed E-state index contributed by atoms with van der Waals surface area (Å²) in [5.74, 6) is 0. The van der Waals surface area contributed by atoms with Gasteiger partial charge in [0.25, 0.3) is 6.43 Å². The SMILES string of the molecule is CN1CCN(c2ccc(C(F)(F)F)cc2CNCC(O)C(F)F)CC1. The highest BCUT2D eigenvalue weighted by atomic mass is 19.4. The molecular weight excluding hydrogens is 345 g/mol. The van der Waals surface area contributed by atoms with Crippen molar-refractivity contribution in [2.75, 3.05) is 44.7 Å². The maximum atomic E-state index is 13.0. The van der Waals surface area contributed by atoms with E-state index in [1.807, 2.05) is 11.9 Å². The molecule has 2 rings (SSSR count). The Kier molecular flexibility index (Phi) is 6.59. The first kappa shape index (κ1) is 19.9. The zero-order chi connectivity index (χ0) is 18.6. The van der Waals surface area contributed by atoms with E-state index in [1.165, 1.54) is 6.07 Å². The number of aliphatic hydroxyl groups is 1. The van der Waals surface area contributed by atoms with E-state index < -0.39 is 30.8 Å². The van der Waals surface area contributed by atoms with Gasteiger partial charge in [0.2, 0.25) is 0 Å². The minimum absolute atomic E-state index is 0.0324. The van der Waals surface area contributed by atoms with Crippen LogP contribution in [-0.4, -0.2) is 62.3 Å². The first-order valence-corrected chi connectivity index (χ1v) is 7.99. The summed E-state index contributed by atoms with van der Waals surface area (Å²) in [4.78, 5) is 4.11. The molecule has 0 aromatic heterocycles. The Morgan fingerprint density at radius 2 is 1.80 bits per heavy atom. The lowest BCUT2D eigenvalue weighted by Crippen LogP contribution is -2.45. The molecule has 9 heteroatoms. The molecule has 0 amide bonds. The van der Waals surface area contributed by atoms with Gasteiger partial charge in [-0.3, -0.25) is 0 Å². The Morgan fingerprint density at radius 3 is 2.36 bits per heavy atom. The molecule has 142 valence electrons. The number of nitrogens with zero attached hydrogens (tertiary/aromatic N) is 2. The van der Waals surface area contributed by atoms with Crippen molar-refractivity contribution in [2.45, 2.75) is 25.3 Å². The third kappa shape index (κ3) is 5.52. The predicted octanol–water partition coefficient (Wildman–Crippen LogP) is 2.17. The zero-order valence-corrected chi connectivity index (χ0v) is 13.9. The smallest absolute Gasteiger partial charge is 0.386 e. The number of nitrogens with one attached hydrogen (secondary N) is 1. The Balaban J connectivity index is 2.16. The van der Waals surface area contributed by atoms with E-state index in [0.717, 1.165) is 25.2 Å². The van der Waals surface area contributed by atoms with Crippen LogP contribution in [0.4, 0.5) is 27.6 Å². The van der Waals surface area contributed by atoms with E-state index in [9.17, 15) is 22.0 Å². The van der Waals surface area contributed by atoms with Gasteiger partial charge in [0.1, 0.15) is 6.10 Å². The number of hydrogen-bond acceptors (Lipinski definition) is 4. The number of rotatable bonds is 6. The fourth-order valence-electron chi connectivity index (χ4n) is 2.70. The van der Waals surface area contributed by atoms with Gasteiger partial charge in [-0.2, -0.15) is 13.2 Å². The van der Waals surface area contributed by atoms with E-state index in [4.69, 9.17) is 5.11 Å². The molecular formula is C16H22F5N3O. The van der Waals surface area contributed by atoms with Crippen LogP contribution in [0.2, 0.25) is 0 Å². The Morgan fingerprint density at radius 1 is 1.16 bits per heavy atom. The summed E-state index contributed by atoms with van der Waals surface area (Å²) >= 11 is 0. The standard InChI is InChI=1S/C16H22F5N3O/c1-23-4-6-24(7-5-23)13-3-2-12(16(19,20)21)8-11(13)9-22-10-14(25)15(17)18/h2-3,8,14-15,22,25H,4-7,9-10H2,1H3. The lowest BCUT2D eigenvalue weighted by atomic mass is 10.1. The average Bonchev–Trinajstić information content (AvgIpc) is 2.54. The number of piperazine rings is 1. The van der Waals surface area contributed by atoms with Crippen molar-refractivity contribution < 1.29 is 27.1 Å². The summed E-state index contributed by atoms with van der Waals surface area (Å²) in [5.41, 5.74) is 0.248. The molecule has 1 aliphatic heterocycles. The van der Waals surface area contributed by atoms with Gasteiger partial charge in [0.05, 0.1) is 5.56 Å². The lowest BCUT2D eigenvalue weighted by molar-refractivity contribution is -0.137. The van der Waals surface area contributed by atoms with Gasteiger partial charge in [0.15, 0.2) is 0 Å². The molecule has 25 heavy (non-hydrogen) atoms. The lowest BCUT2D eigenvalue weighted by Gasteiger charge is -2.35. The summed E-state index contributed by atoms with van der Waals surface area (Å²) in [6.45, 7) is 2.50. The number of hydrogen-bond donors (Lipinski definition) is 2. The van der Waals surface area contributed by atoms with E-state index >= 15 is 0 Å². The van der Waals surface area contributed by atoms with Crippen LogP contribution in [0, 0.1) is 0 Å². The molecule has 4 nitrogen and oxygen atoms in total. The van der Waals surface area contributed by atoms with Gasteiger partial charge in [-0.05, 0) is 30.8 Å². The fourth-order valence-corrected chi connectivity index (χ4v) is 2.70. The summed E-state index contributed by atoms with van der Waals surface area (Å²) in [6.07, 6.45) is -9.22. The highest BCUT2D eigenvalue weighted by Crippen LogP contribution is 2.33. The number of anilines is 1. The van der Waals surface area contributed by atoms with Crippen LogP contribution < -0.4 is 10.2 Å². The molecule has 1 saturated heterocycles. The molecule has 0 saturated carbocycles. The van der Waals surface area contributed by atoms with Gasteiger partial charge < -0.3 is 20.2 Å². The summed E-state index contributed by atoms with van der Waals surface area (Å²) in [5, 5.41) is 11.7. The van der Waals surface area contributed by atoms with Crippen molar-refractivity contribution in [1.29, 1.82) is 0 Å². The van der Waals surface area contributed by atoms with Gasteiger partial charge in [-0.1, -0.05) is 0 Å². The molecule has 1 unspecified atom stereocenters. The van der Waals surface area contributed by atoms with Gasteiger partial charge >= 0.3 is 6.18 Å². The minimum atomic E-state index is -4.47. The molecule has 0 radical (unpaired) electrons. The third-order valence-electron chi connectivity index (χ3n) is 4.21. The highest BCUT2D eigenvalue weighted by molar-refractivity contribution is 5.56. The Bertz CT molecular complexity index is 559. The average molecular weight is 367 g/mol. The van der Waals surface area contributed by atoms with Crippen molar-refractivity contribution in [3.05, 3.63) is 29.3 Å².